The van der Waals surface area contributed by atoms with Crippen LogP contribution >= 0.6 is 11.6 Å². The van der Waals surface area contributed by atoms with Crippen LogP contribution in [0.2, 0.25) is 5.15 Å². The summed E-state index contributed by atoms with van der Waals surface area (Å²) in [6, 6.07) is 0. The number of piperidine rings is 1. The van der Waals surface area contributed by atoms with Crippen molar-refractivity contribution in [2.75, 3.05) is 25.1 Å². The summed E-state index contributed by atoms with van der Waals surface area (Å²) in [6.07, 6.45) is 2.86. The van der Waals surface area contributed by atoms with Crippen LogP contribution in [0.5, 0.6) is 0 Å². The molecule has 0 aliphatic carbocycles. The minimum atomic E-state index is -3.17. The van der Waals surface area contributed by atoms with Gasteiger partial charge in [0, 0.05) is 19.0 Å². The molecule has 3 rings (SSSR count). The summed E-state index contributed by atoms with van der Waals surface area (Å²) in [6.45, 7) is 6.86. The van der Waals surface area contributed by atoms with Gasteiger partial charge in [0.2, 0.25) is 16.0 Å². The second kappa shape index (κ2) is 8.66. The molecular formula is C16H26ClFN6O2S. The van der Waals surface area contributed by atoms with Gasteiger partial charge >= 0.3 is 0 Å². The number of aromatic nitrogens is 4. The van der Waals surface area contributed by atoms with E-state index in [1.807, 2.05) is 0 Å². The Morgan fingerprint density at radius 2 is 2.04 bits per heavy atom. The quantitative estimate of drug-likeness (QED) is 0.817. The van der Waals surface area contributed by atoms with Crippen molar-refractivity contribution < 1.29 is 12.8 Å². The van der Waals surface area contributed by atoms with Crippen LogP contribution in [0.4, 0.5) is 10.3 Å². The highest BCUT2D eigenvalue weighted by Crippen LogP contribution is 2.26. The predicted molar refractivity (Wildman–Crippen MR) is 104 cm³/mol. The summed E-state index contributed by atoms with van der Waals surface area (Å²) in [5.41, 5.74) is 6.26. The highest BCUT2D eigenvalue weighted by molar-refractivity contribution is 7.88. The highest BCUT2D eigenvalue weighted by Gasteiger charge is 2.25. The number of alkyl halides is 1. The van der Waals surface area contributed by atoms with Gasteiger partial charge in [-0.25, -0.2) is 27.3 Å². The Morgan fingerprint density at radius 3 is 2.56 bits per heavy atom. The summed E-state index contributed by atoms with van der Waals surface area (Å²) < 4.78 is 37.3. The zero-order valence-corrected chi connectivity index (χ0v) is 17.5. The molecule has 2 unspecified atom stereocenters. The number of fused-ring (bicyclic) bond motifs is 1. The zero-order valence-electron chi connectivity index (χ0n) is 15.9. The van der Waals surface area contributed by atoms with Gasteiger partial charge in [-0.1, -0.05) is 32.4 Å². The molecule has 0 bridgehead atoms. The minimum Gasteiger partial charge on any atom is -0.367 e. The van der Waals surface area contributed by atoms with E-state index in [4.69, 9.17) is 17.3 Å². The van der Waals surface area contributed by atoms with Crippen molar-refractivity contribution in [1.82, 2.24) is 23.9 Å². The summed E-state index contributed by atoms with van der Waals surface area (Å²) in [4.78, 5) is 8.23. The molecule has 0 saturated carbocycles. The van der Waals surface area contributed by atoms with Crippen molar-refractivity contribution in [3.63, 3.8) is 0 Å². The molecule has 8 nitrogen and oxygen atoms in total. The Hall–Kier alpha value is -1.52. The Bertz CT molecular complexity index is 888. The van der Waals surface area contributed by atoms with Gasteiger partial charge in [0.25, 0.3) is 0 Å². The average Bonchev–Trinajstić information content (AvgIpc) is 2.90. The number of rotatable bonds is 3. The van der Waals surface area contributed by atoms with E-state index in [-0.39, 0.29) is 18.4 Å². The van der Waals surface area contributed by atoms with Crippen LogP contribution in [0.15, 0.2) is 6.20 Å². The molecule has 1 aliphatic rings. The maximum Gasteiger partial charge on any atom is 0.238 e. The van der Waals surface area contributed by atoms with E-state index in [9.17, 15) is 12.8 Å². The Labute approximate surface area is 164 Å². The lowest BCUT2D eigenvalue weighted by Gasteiger charge is -2.26. The molecule has 2 N–H and O–H groups in total. The average molecular weight is 421 g/mol. The standard InChI is InChI=1S/C10H14ClN5.C6H12FNO2S/c1-5(2)6(3)9-14-8(11)7-4-13-10(12)15-16(7)9;1-11(9,10)8-4-2-3-6(7)5-8/h4-6H,1-3H3,(H2,12,15);6H,2-5H2,1H3. The number of halogens is 2. The van der Waals surface area contributed by atoms with Crippen molar-refractivity contribution >= 4 is 33.1 Å². The molecule has 2 atom stereocenters. The Morgan fingerprint density at radius 1 is 1.37 bits per heavy atom. The summed E-state index contributed by atoms with van der Waals surface area (Å²) in [5.74, 6) is 1.76. The molecule has 27 heavy (non-hydrogen) atoms. The van der Waals surface area contributed by atoms with Crippen molar-refractivity contribution in [1.29, 1.82) is 0 Å². The number of anilines is 1. The predicted octanol–water partition coefficient (Wildman–Crippen LogP) is 2.50. The molecule has 1 fully saturated rings. The maximum atomic E-state index is 12.7. The van der Waals surface area contributed by atoms with Crippen LogP contribution in [-0.4, -0.2) is 57.8 Å². The molecule has 3 heterocycles. The van der Waals surface area contributed by atoms with Gasteiger partial charge in [0.05, 0.1) is 12.5 Å². The third-order valence-corrected chi connectivity index (χ3v) is 6.14. The SMILES string of the molecule is CC(C)C(C)c1nc(Cl)c2cnc(N)nn12.CS(=O)(=O)N1CCCC(F)C1. The first kappa shape index (κ1) is 21.8. The van der Waals surface area contributed by atoms with E-state index in [1.165, 1.54) is 4.31 Å². The van der Waals surface area contributed by atoms with Gasteiger partial charge < -0.3 is 5.73 Å². The van der Waals surface area contributed by atoms with E-state index < -0.39 is 16.2 Å². The summed E-state index contributed by atoms with van der Waals surface area (Å²) in [5, 5.41) is 4.56. The fourth-order valence-electron chi connectivity index (χ4n) is 2.67. The van der Waals surface area contributed by atoms with Crippen molar-refractivity contribution in [3.8, 4) is 0 Å². The van der Waals surface area contributed by atoms with Crippen LogP contribution in [-0.2, 0) is 10.0 Å². The number of imidazole rings is 1. The molecule has 0 aromatic carbocycles. The van der Waals surface area contributed by atoms with E-state index in [0.29, 0.717) is 36.0 Å². The van der Waals surface area contributed by atoms with Gasteiger partial charge in [-0.15, -0.1) is 5.10 Å². The highest BCUT2D eigenvalue weighted by atomic mass is 35.5. The monoisotopic (exact) mass is 420 g/mol. The normalized spacial score (nSPS) is 19.7. The third-order valence-electron chi connectivity index (χ3n) is 4.59. The van der Waals surface area contributed by atoms with Crippen LogP contribution < -0.4 is 5.73 Å². The molecule has 0 spiro atoms. The van der Waals surface area contributed by atoms with E-state index >= 15 is 0 Å². The van der Waals surface area contributed by atoms with Crippen LogP contribution in [0.3, 0.4) is 0 Å². The molecule has 2 aromatic rings. The number of nitrogen functional groups attached to an aromatic ring is 1. The molecule has 152 valence electrons. The zero-order chi connectivity index (χ0) is 20.4. The van der Waals surface area contributed by atoms with Crippen LogP contribution in [0.25, 0.3) is 5.52 Å². The van der Waals surface area contributed by atoms with Gasteiger partial charge in [-0.2, -0.15) is 4.31 Å². The largest absolute Gasteiger partial charge is 0.367 e. The van der Waals surface area contributed by atoms with E-state index in [2.05, 4.69) is 35.8 Å². The number of hydrogen-bond acceptors (Lipinski definition) is 6. The minimum absolute atomic E-state index is 0.0405. The fourth-order valence-corrected chi connectivity index (χ4v) is 3.78. The first-order valence-corrected chi connectivity index (χ1v) is 11.0. The molecule has 1 aliphatic heterocycles. The molecule has 0 amide bonds. The van der Waals surface area contributed by atoms with Gasteiger partial charge in [0.1, 0.15) is 17.5 Å². The van der Waals surface area contributed by atoms with Crippen LogP contribution in [0, 0.1) is 5.92 Å². The van der Waals surface area contributed by atoms with Crippen LogP contribution in [0.1, 0.15) is 45.4 Å². The van der Waals surface area contributed by atoms with Gasteiger partial charge in [0.15, 0.2) is 5.15 Å². The van der Waals surface area contributed by atoms with Gasteiger partial charge in [-0.3, -0.25) is 0 Å². The first-order chi connectivity index (χ1) is 12.5. The Balaban J connectivity index is 0.000000208. The number of nitrogens with zero attached hydrogens (tertiary/aromatic N) is 5. The molecular weight excluding hydrogens is 395 g/mol. The molecule has 1 saturated heterocycles. The lowest BCUT2D eigenvalue weighted by molar-refractivity contribution is 0.203. The maximum absolute atomic E-state index is 12.7. The van der Waals surface area contributed by atoms with E-state index in [1.54, 1.807) is 10.7 Å². The summed E-state index contributed by atoms with van der Waals surface area (Å²) in [7, 11) is -3.17. The van der Waals surface area contributed by atoms with Crippen molar-refractivity contribution in [2.24, 2.45) is 5.92 Å². The number of hydrogen-bond donors (Lipinski definition) is 1. The van der Waals surface area contributed by atoms with E-state index in [0.717, 1.165) is 12.1 Å². The second-order valence-corrected chi connectivity index (χ2v) is 9.41. The van der Waals surface area contributed by atoms with Gasteiger partial charge in [-0.05, 0) is 18.8 Å². The number of nitrogens with two attached hydrogens (primary N) is 1. The second-order valence-electron chi connectivity index (χ2n) is 7.07. The van der Waals surface area contributed by atoms with Crippen molar-refractivity contribution in [2.45, 2.75) is 45.7 Å². The lowest BCUT2D eigenvalue weighted by atomic mass is 9.98. The first-order valence-electron chi connectivity index (χ1n) is 8.76. The fraction of sp³-hybridized carbons (Fsp3) is 0.688. The smallest absolute Gasteiger partial charge is 0.238 e. The molecule has 2 aromatic heterocycles. The van der Waals surface area contributed by atoms with Crippen molar-refractivity contribution in [3.05, 3.63) is 17.2 Å². The topological polar surface area (TPSA) is 106 Å². The summed E-state index contributed by atoms with van der Waals surface area (Å²) >= 11 is 6.03. The Kier molecular flexibility index (Phi) is 6.98. The third kappa shape index (κ3) is 5.49. The lowest BCUT2D eigenvalue weighted by Crippen LogP contribution is -2.39. The molecule has 0 radical (unpaired) electrons. The number of sulfonamides is 1. The molecule has 11 heteroatoms.